The Morgan fingerprint density at radius 2 is 1.81 bits per heavy atom. The van der Waals surface area contributed by atoms with Crippen molar-refractivity contribution < 1.29 is 22.3 Å². The first-order valence-corrected chi connectivity index (χ1v) is 9.77. The van der Waals surface area contributed by atoms with Crippen LogP contribution in [0, 0.1) is 5.82 Å². The van der Waals surface area contributed by atoms with E-state index in [4.69, 9.17) is 4.74 Å². The monoisotopic (exact) mass is 378 g/mol. The maximum Gasteiger partial charge on any atom is 0.253 e. The van der Waals surface area contributed by atoms with Gasteiger partial charge in [0.25, 0.3) is 5.91 Å². The minimum absolute atomic E-state index is 0.0557. The SMILES string of the molecule is O=C1COC(CNS(=O)(=O)Cc2ccc(F)cc2)CN1c1ccccc1. The van der Waals surface area contributed by atoms with Crippen LogP contribution < -0.4 is 9.62 Å². The summed E-state index contributed by atoms with van der Waals surface area (Å²) in [7, 11) is -3.60. The zero-order chi connectivity index (χ0) is 18.6. The lowest BCUT2D eigenvalue weighted by Crippen LogP contribution is -2.50. The van der Waals surface area contributed by atoms with E-state index in [-0.39, 0.29) is 31.4 Å². The number of nitrogens with one attached hydrogen (secondary N) is 1. The van der Waals surface area contributed by atoms with Gasteiger partial charge in [-0.25, -0.2) is 17.5 Å². The summed E-state index contributed by atoms with van der Waals surface area (Å²) >= 11 is 0. The van der Waals surface area contributed by atoms with Crippen LogP contribution in [0.1, 0.15) is 5.56 Å². The molecule has 0 aromatic heterocycles. The van der Waals surface area contributed by atoms with Crippen LogP contribution in [0.2, 0.25) is 0 Å². The highest BCUT2D eigenvalue weighted by molar-refractivity contribution is 7.88. The Morgan fingerprint density at radius 3 is 2.50 bits per heavy atom. The number of rotatable bonds is 6. The number of anilines is 1. The molecule has 1 saturated heterocycles. The van der Waals surface area contributed by atoms with Crippen molar-refractivity contribution in [3.8, 4) is 0 Å². The molecule has 26 heavy (non-hydrogen) atoms. The molecule has 3 rings (SSSR count). The van der Waals surface area contributed by atoms with Crippen LogP contribution in [-0.4, -0.2) is 40.1 Å². The lowest BCUT2D eigenvalue weighted by atomic mass is 10.2. The molecule has 1 aliphatic rings. The second-order valence-electron chi connectivity index (χ2n) is 6.01. The Hall–Kier alpha value is -2.29. The second kappa shape index (κ2) is 7.94. The van der Waals surface area contributed by atoms with E-state index in [1.165, 1.54) is 24.3 Å². The third kappa shape index (κ3) is 4.87. The van der Waals surface area contributed by atoms with Gasteiger partial charge in [0.15, 0.2) is 0 Å². The summed E-state index contributed by atoms with van der Waals surface area (Å²) in [6, 6.07) is 14.5. The highest BCUT2D eigenvalue weighted by Crippen LogP contribution is 2.18. The smallest absolute Gasteiger partial charge is 0.253 e. The molecule has 8 heteroatoms. The Balaban J connectivity index is 1.58. The number of morpholine rings is 1. The van der Waals surface area contributed by atoms with Crippen LogP contribution in [-0.2, 0) is 25.3 Å². The number of nitrogens with zero attached hydrogens (tertiary/aromatic N) is 1. The Kier molecular flexibility index (Phi) is 5.65. The van der Waals surface area contributed by atoms with E-state index in [1.807, 2.05) is 30.3 Å². The molecule has 1 fully saturated rings. The number of ether oxygens (including phenoxy) is 1. The van der Waals surface area contributed by atoms with Gasteiger partial charge in [0.2, 0.25) is 10.0 Å². The predicted molar refractivity (Wildman–Crippen MR) is 95.6 cm³/mol. The van der Waals surface area contributed by atoms with Crippen molar-refractivity contribution in [2.75, 3.05) is 24.6 Å². The minimum Gasteiger partial charge on any atom is -0.365 e. The van der Waals surface area contributed by atoms with Gasteiger partial charge in [0.05, 0.1) is 18.4 Å². The summed E-state index contributed by atoms with van der Waals surface area (Å²) < 4.78 is 45.2. The molecule has 138 valence electrons. The van der Waals surface area contributed by atoms with Gasteiger partial charge in [0, 0.05) is 12.2 Å². The molecule has 6 nitrogen and oxygen atoms in total. The van der Waals surface area contributed by atoms with E-state index in [0.29, 0.717) is 5.56 Å². The predicted octanol–water partition coefficient (Wildman–Crippen LogP) is 1.68. The van der Waals surface area contributed by atoms with Crippen molar-refractivity contribution in [2.45, 2.75) is 11.9 Å². The van der Waals surface area contributed by atoms with Crippen LogP contribution in [0.4, 0.5) is 10.1 Å². The van der Waals surface area contributed by atoms with Crippen LogP contribution in [0.5, 0.6) is 0 Å². The zero-order valence-electron chi connectivity index (χ0n) is 14.0. The van der Waals surface area contributed by atoms with Gasteiger partial charge >= 0.3 is 0 Å². The summed E-state index contributed by atoms with van der Waals surface area (Å²) in [5.74, 6) is -0.830. The number of halogens is 1. The maximum atomic E-state index is 12.9. The molecule has 2 aromatic rings. The minimum atomic E-state index is -3.60. The molecule has 1 heterocycles. The van der Waals surface area contributed by atoms with E-state index in [0.717, 1.165) is 5.69 Å². The molecule has 2 aromatic carbocycles. The highest BCUT2D eigenvalue weighted by Gasteiger charge is 2.28. The average molecular weight is 378 g/mol. The van der Waals surface area contributed by atoms with Gasteiger partial charge < -0.3 is 9.64 Å². The van der Waals surface area contributed by atoms with Gasteiger partial charge in [-0.3, -0.25) is 4.79 Å². The van der Waals surface area contributed by atoms with Crippen molar-refractivity contribution in [3.63, 3.8) is 0 Å². The van der Waals surface area contributed by atoms with Crippen LogP contribution in [0.25, 0.3) is 0 Å². The largest absolute Gasteiger partial charge is 0.365 e. The first kappa shape index (κ1) is 18.5. The molecule has 0 radical (unpaired) electrons. The van der Waals surface area contributed by atoms with E-state index in [9.17, 15) is 17.6 Å². The summed E-state index contributed by atoms with van der Waals surface area (Å²) in [4.78, 5) is 13.6. The first-order valence-electron chi connectivity index (χ1n) is 8.12. The number of amides is 1. The molecule has 1 amide bonds. The average Bonchev–Trinajstić information content (AvgIpc) is 2.63. The topological polar surface area (TPSA) is 75.7 Å². The number of hydrogen-bond donors (Lipinski definition) is 1. The molecular weight excluding hydrogens is 359 g/mol. The second-order valence-corrected chi connectivity index (χ2v) is 7.81. The molecule has 1 N–H and O–H groups in total. The van der Waals surface area contributed by atoms with Crippen molar-refractivity contribution in [1.82, 2.24) is 4.72 Å². The van der Waals surface area contributed by atoms with E-state index in [1.54, 1.807) is 4.90 Å². The first-order chi connectivity index (χ1) is 12.4. The fourth-order valence-corrected chi connectivity index (χ4v) is 3.85. The molecule has 0 spiro atoms. The molecule has 1 atom stereocenters. The molecular formula is C18H19FN2O4S. The number of para-hydroxylation sites is 1. The third-order valence-corrected chi connectivity index (χ3v) is 5.32. The van der Waals surface area contributed by atoms with Crippen molar-refractivity contribution in [2.24, 2.45) is 0 Å². The molecule has 0 aliphatic carbocycles. The quantitative estimate of drug-likeness (QED) is 0.830. The van der Waals surface area contributed by atoms with E-state index >= 15 is 0 Å². The molecule has 0 bridgehead atoms. The van der Waals surface area contributed by atoms with Gasteiger partial charge in [-0.15, -0.1) is 0 Å². The lowest BCUT2D eigenvalue weighted by molar-refractivity contribution is -0.129. The third-order valence-electron chi connectivity index (χ3n) is 4.00. The fourth-order valence-electron chi connectivity index (χ4n) is 2.68. The number of sulfonamides is 1. The van der Waals surface area contributed by atoms with Gasteiger partial charge in [0.1, 0.15) is 12.4 Å². The fraction of sp³-hybridized carbons (Fsp3) is 0.278. The standard InChI is InChI=1S/C18H19FN2O4S/c19-15-8-6-14(7-9-15)13-26(23,24)20-10-17-11-21(18(22)12-25-17)16-4-2-1-3-5-16/h1-9,17,20H,10-13H2. The van der Waals surface area contributed by atoms with Crippen molar-refractivity contribution in [1.29, 1.82) is 0 Å². The number of hydrogen-bond acceptors (Lipinski definition) is 4. The van der Waals surface area contributed by atoms with E-state index < -0.39 is 21.9 Å². The number of carbonyl (C=O) groups is 1. The van der Waals surface area contributed by atoms with Crippen LogP contribution >= 0.6 is 0 Å². The van der Waals surface area contributed by atoms with Gasteiger partial charge in [-0.05, 0) is 29.8 Å². The maximum absolute atomic E-state index is 12.9. The van der Waals surface area contributed by atoms with Gasteiger partial charge in [-0.1, -0.05) is 30.3 Å². The summed E-state index contributed by atoms with van der Waals surface area (Å²) in [6.45, 7) is 0.224. The number of carbonyl (C=O) groups excluding carboxylic acids is 1. The summed E-state index contributed by atoms with van der Waals surface area (Å²) in [6.07, 6.45) is -0.448. The van der Waals surface area contributed by atoms with E-state index in [2.05, 4.69) is 4.72 Å². The van der Waals surface area contributed by atoms with Gasteiger partial charge in [-0.2, -0.15) is 0 Å². The Bertz CT molecular complexity index is 857. The Labute approximate surface area is 151 Å². The molecule has 1 aliphatic heterocycles. The molecule has 0 saturated carbocycles. The normalized spacial score (nSPS) is 18.1. The van der Waals surface area contributed by atoms with Crippen LogP contribution in [0.15, 0.2) is 54.6 Å². The van der Waals surface area contributed by atoms with Crippen molar-refractivity contribution in [3.05, 3.63) is 66.0 Å². The lowest BCUT2D eigenvalue weighted by Gasteiger charge is -2.32. The zero-order valence-corrected chi connectivity index (χ0v) is 14.8. The Morgan fingerprint density at radius 1 is 1.12 bits per heavy atom. The summed E-state index contributed by atoms with van der Waals surface area (Å²) in [5, 5.41) is 0. The van der Waals surface area contributed by atoms with Crippen molar-refractivity contribution >= 4 is 21.6 Å². The highest BCUT2D eigenvalue weighted by atomic mass is 32.2. The number of benzene rings is 2. The summed E-state index contributed by atoms with van der Waals surface area (Å²) in [5.41, 5.74) is 1.24. The van der Waals surface area contributed by atoms with Crippen LogP contribution in [0.3, 0.4) is 0 Å². The molecule has 1 unspecified atom stereocenters.